The van der Waals surface area contributed by atoms with E-state index in [0.29, 0.717) is 19.4 Å². The first-order valence-electron chi connectivity index (χ1n) is 15.6. The van der Waals surface area contributed by atoms with Gasteiger partial charge in [-0.05, 0) is 79.7 Å². The lowest BCUT2D eigenvalue weighted by atomic mass is 9.85. The summed E-state index contributed by atoms with van der Waals surface area (Å²) in [6, 6.07) is 13.0. The molecule has 228 valence electrons. The van der Waals surface area contributed by atoms with E-state index in [-0.39, 0.29) is 36.6 Å². The second-order valence-electron chi connectivity index (χ2n) is 13.1. The Morgan fingerprint density at radius 3 is 2.58 bits per heavy atom. The van der Waals surface area contributed by atoms with Crippen molar-refractivity contribution in [2.75, 3.05) is 24.5 Å². The second-order valence-corrected chi connectivity index (χ2v) is 13.9. The number of halogens is 2. The van der Waals surface area contributed by atoms with Gasteiger partial charge in [0.05, 0.1) is 11.6 Å². The van der Waals surface area contributed by atoms with Crippen LogP contribution in [0.25, 0.3) is 11.3 Å². The van der Waals surface area contributed by atoms with Gasteiger partial charge in [0, 0.05) is 56.0 Å². The summed E-state index contributed by atoms with van der Waals surface area (Å²) in [5, 5.41) is 12.7. The van der Waals surface area contributed by atoms with Crippen molar-refractivity contribution in [3.63, 3.8) is 0 Å². The maximum absolute atomic E-state index is 13.7. The second kappa shape index (κ2) is 11.5. The third kappa shape index (κ3) is 5.90. The number of carboxylic acid groups (broad SMARTS) is 1. The Labute approximate surface area is 255 Å². The van der Waals surface area contributed by atoms with E-state index in [4.69, 9.17) is 9.72 Å². The fourth-order valence-corrected chi connectivity index (χ4v) is 8.71. The number of hydrogen-bond acceptors (Lipinski definition) is 6. The van der Waals surface area contributed by atoms with Crippen molar-refractivity contribution in [3.8, 4) is 17.0 Å². The zero-order chi connectivity index (χ0) is 29.7. The SMILES string of the molecule is Cc1ccc(OCc2ccc3c(c2)CCN(C2CCC(F)(F)CC2)C3)c(-c2csc(N3C[C@H]4CC[C@@H](C3)[C@H]4C(=O)O)n2)c1. The van der Waals surface area contributed by atoms with E-state index in [1.54, 1.807) is 11.3 Å². The van der Waals surface area contributed by atoms with Gasteiger partial charge in [-0.2, -0.15) is 0 Å². The number of carbonyl (C=O) groups is 1. The van der Waals surface area contributed by atoms with Crippen LogP contribution in [0.2, 0.25) is 0 Å². The van der Waals surface area contributed by atoms with Crippen LogP contribution in [0.3, 0.4) is 0 Å². The van der Waals surface area contributed by atoms with Crippen molar-refractivity contribution in [2.45, 2.75) is 77.0 Å². The van der Waals surface area contributed by atoms with Crippen molar-refractivity contribution < 1.29 is 23.4 Å². The van der Waals surface area contributed by atoms with E-state index in [1.165, 1.54) is 11.1 Å². The average Bonchev–Trinajstić information content (AvgIpc) is 3.59. The number of hydrogen-bond donors (Lipinski definition) is 1. The van der Waals surface area contributed by atoms with Crippen LogP contribution in [0.15, 0.2) is 41.8 Å². The summed E-state index contributed by atoms with van der Waals surface area (Å²) >= 11 is 1.62. The Bertz CT molecular complexity index is 1490. The molecule has 0 amide bonds. The molecule has 3 heterocycles. The highest BCUT2D eigenvalue weighted by atomic mass is 32.1. The van der Waals surface area contributed by atoms with E-state index >= 15 is 0 Å². The van der Waals surface area contributed by atoms with Gasteiger partial charge in [0.15, 0.2) is 5.13 Å². The van der Waals surface area contributed by atoms with Crippen LogP contribution in [0.5, 0.6) is 5.75 Å². The van der Waals surface area contributed by atoms with E-state index in [2.05, 4.69) is 52.4 Å². The molecule has 1 saturated heterocycles. The molecule has 2 aromatic carbocycles. The zero-order valence-electron chi connectivity index (χ0n) is 24.6. The predicted molar refractivity (Wildman–Crippen MR) is 164 cm³/mol. The molecule has 1 N–H and O–H groups in total. The van der Waals surface area contributed by atoms with E-state index in [0.717, 1.165) is 78.7 Å². The molecular formula is C34H39F2N3O3S. The monoisotopic (exact) mass is 607 g/mol. The summed E-state index contributed by atoms with van der Waals surface area (Å²) < 4.78 is 33.7. The first-order valence-corrected chi connectivity index (χ1v) is 16.5. The maximum Gasteiger partial charge on any atom is 0.307 e. The van der Waals surface area contributed by atoms with E-state index in [1.807, 2.05) is 6.07 Å². The highest BCUT2D eigenvalue weighted by molar-refractivity contribution is 7.14. The highest BCUT2D eigenvalue weighted by Gasteiger charge is 2.46. The van der Waals surface area contributed by atoms with Gasteiger partial charge in [0.2, 0.25) is 5.92 Å². The fourth-order valence-electron chi connectivity index (χ4n) is 7.87. The van der Waals surface area contributed by atoms with Crippen LogP contribution in [-0.2, 0) is 24.4 Å². The minimum Gasteiger partial charge on any atom is -0.488 e. The third-order valence-electron chi connectivity index (χ3n) is 10.2. The van der Waals surface area contributed by atoms with Crippen LogP contribution >= 0.6 is 11.3 Å². The highest BCUT2D eigenvalue weighted by Crippen LogP contribution is 2.44. The number of fused-ring (bicyclic) bond motifs is 3. The van der Waals surface area contributed by atoms with Crippen molar-refractivity contribution in [1.82, 2.24) is 9.88 Å². The van der Waals surface area contributed by atoms with Gasteiger partial charge in [0.1, 0.15) is 12.4 Å². The lowest BCUT2D eigenvalue weighted by molar-refractivity contribution is -0.144. The minimum atomic E-state index is -2.49. The number of benzene rings is 2. The standard InChI is InChI=1S/C34H39F2N3O3S/c1-21-2-7-30(28(14-21)29-20-43-33(37-29)39-17-25-5-6-26(18-39)31(25)32(40)41)42-19-22-3-4-24-16-38(13-10-23(24)15-22)27-8-11-34(35,36)12-9-27/h2-4,7,14-15,20,25-27,31H,5-6,8-13,16-19H2,1H3,(H,40,41)/t25-,26+,31+. The molecule has 2 saturated carbocycles. The Hall–Kier alpha value is -3.04. The lowest BCUT2D eigenvalue weighted by Gasteiger charge is -2.39. The molecule has 3 atom stereocenters. The maximum atomic E-state index is 13.7. The quantitative estimate of drug-likeness (QED) is 0.307. The summed E-state index contributed by atoms with van der Waals surface area (Å²) in [6.07, 6.45) is 4.07. The number of piperidine rings is 1. The lowest BCUT2D eigenvalue weighted by Crippen LogP contribution is -2.44. The van der Waals surface area contributed by atoms with Gasteiger partial charge in [0.25, 0.3) is 0 Å². The first kappa shape index (κ1) is 28.7. The van der Waals surface area contributed by atoms with Crippen molar-refractivity contribution >= 4 is 22.4 Å². The normalized spacial score (nSPS) is 25.5. The van der Waals surface area contributed by atoms with Gasteiger partial charge >= 0.3 is 5.97 Å². The summed E-state index contributed by atoms with van der Waals surface area (Å²) in [5.41, 5.74) is 6.73. The zero-order valence-corrected chi connectivity index (χ0v) is 25.4. The van der Waals surface area contributed by atoms with Gasteiger partial charge < -0.3 is 14.7 Å². The fraction of sp³-hybridized carbons (Fsp3) is 0.529. The van der Waals surface area contributed by atoms with Gasteiger partial charge in [-0.1, -0.05) is 29.8 Å². The smallest absolute Gasteiger partial charge is 0.307 e. The molecule has 0 unspecified atom stereocenters. The number of ether oxygens (including phenoxy) is 1. The number of rotatable bonds is 7. The molecule has 2 aliphatic heterocycles. The largest absolute Gasteiger partial charge is 0.488 e. The third-order valence-corrected chi connectivity index (χ3v) is 11.1. The number of aliphatic carboxylic acids is 1. The Morgan fingerprint density at radius 1 is 1.07 bits per heavy atom. The van der Waals surface area contributed by atoms with Crippen molar-refractivity contribution in [2.24, 2.45) is 17.8 Å². The Morgan fingerprint density at radius 2 is 1.84 bits per heavy atom. The summed E-state index contributed by atoms with van der Waals surface area (Å²) in [7, 11) is 0. The minimum absolute atomic E-state index is 0.00686. The molecule has 3 fully saturated rings. The van der Waals surface area contributed by atoms with Crippen LogP contribution in [0.4, 0.5) is 13.9 Å². The Balaban J connectivity index is 1.02. The molecule has 1 aromatic heterocycles. The van der Waals surface area contributed by atoms with E-state index < -0.39 is 11.9 Å². The molecule has 7 rings (SSSR count). The van der Waals surface area contributed by atoms with Crippen LogP contribution in [0.1, 0.15) is 60.8 Å². The summed E-state index contributed by atoms with van der Waals surface area (Å²) in [4.78, 5) is 21.5. The van der Waals surface area contributed by atoms with Crippen molar-refractivity contribution in [1.29, 1.82) is 0 Å². The molecule has 9 heteroatoms. The number of anilines is 1. The average molecular weight is 608 g/mol. The number of nitrogens with zero attached hydrogens (tertiary/aromatic N) is 3. The molecule has 3 aromatic rings. The number of aromatic nitrogens is 1. The number of thiazole rings is 1. The molecule has 2 bridgehead atoms. The molecule has 0 spiro atoms. The Kier molecular flexibility index (Phi) is 7.66. The summed E-state index contributed by atoms with van der Waals surface area (Å²) in [5.74, 6) is -2.17. The molecule has 0 radical (unpaired) electrons. The summed E-state index contributed by atoms with van der Waals surface area (Å²) in [6.45, 7) is 5.77. The number of carboxylic acids is 1. The molecule has 43 heavy (non-hydrogen) atoms. The number of aryl methyl sites for hydroxylation is 1. The predicted octanol–water partition coefficient (Wildman–Crippen LogP) is 7.18. The first-order chi connectivity index (χ1) is 20.7. The van der Waals surface area contributed by atoms with Gasteiger partial charge in [-0.25, -0.2) is 13.8 Å². The van der Waals surface area contributed by atoms with E-state index in [9.17, 15) is 18.7 Å². The molecule has 2 aliphatic carbocycles. The van der Waals surface area contributed by atoms with Gasteiger partial charge in [-0.15, -0.1) is 11.3 Å². The van der Waals surface area contributed by atoms with Crippen LogP contribution in [0, 0.1) is 24.7 Å². The van der Waals surface area contributed by atoms with Gasteiger partial charge in [-0.3, -0.25) is 9.69 Å². The van der Waals surface area contributed by atoms with Crippen molar-refractivity contribution in [3.05, 3.63) is 64.0 Å². The van der Waals surface area contributed by atoms with Crippen LogP contribution in [-0.4, -0.2) is 52.6 Å². The molecule has 4 aliphatic rings. The molecule has 6 nitrogen and oxygen atoms in total. The topological polar surface area (TPSA) is 65.9 Å². The number of alkyl halides is 2. The molecular weight excluding hydrogens is 568 g/mol. The van der Waals surface area contributed by atoms with Crippen LogP contribution < -0.4 is 9.64 Å².